The van der Waals surface area contributed by atoms with Gasteiger partial charge in [0.1, 0.15) is 5.75 Å². The Bertz CT molecular complexity index is 480. The zero-order valence-corrected chi connectivity index (χ0v) is 13.8. The Balaban J connectivity index is 0.000000383. The standard InChI is InChI=1S/C14H19NO.C3H9NO/c1-5-16-11-6-7-13-12(8-11)10(2)9-14(3,4)15-13;1-5-3-2-4/h6-9,15H,5H2,1-4H3;2-4H2,1H3. The van der Waals surface area contributed by atoms with E-state index in [2.05, 4.69) is 49.0 Å². The number of hydrogen-bond acceptors (Lipinski definition) is 4. The van der Waals surface area contributed by atoms with E-state index in [0.29, 0.717) is 19.8 Å². The summed E-state index contributed by atoms with van der Waals surface area (Å²) in [6.07, 6.45) is 2.26. The average molecular weight is 292 g/mol. The normalized spacial score (nSPS) is 15.0. The van der Waals surface area contributed by atoms with Gasteiger partial charge in [0.15, 0.2) is 0 Å². The van der Waals surface area contributed by atoms with Gasteiger partial charge >= 0.3 is 0 Å². The molecule has 0 aliphatic carbocycles. The molecule has 4 heteroatoms. The van der Waals surface area contributed by atoms with Gasteiger partial charge in [0.2, 0.25) is 0 Å². The molecule has 0 atom stereocenters. The maximum atomic E-state index is 5.52. The van der Waals surface area contributed by atoms with E-state index < -0.39 is 0 Å². The molecule has 0 saturated heterocycles. The predicted molar refractivity (Wildman–Crippen MR) is 89.9 cm³/mol. The summed E-state index contributed by atoms with van der Waals surface area (Å²) < 4.78 is 10.1. The molecular formula is C17H28N2O2. The lowest BCUT2D eigenvalue weighted by Gasteiger charge is -2.31. The molecule has 1 heterocycles. The van der Waals surface area contributed by atoms with Crippen LogP contribution in [-0.2, 0) is 4.74 Å². The molecule has 1 aliphatic rings. The molecule has 118 valence electrons. The number of benzene rings is 1. The van der Waals surface area contributed by atoms with Gasteiger partial charge in [-0.3, -0.25) is 0 Å². The van der Waals surface area contributed by atoms with E-state index in [4.69, 9.17) is 10.5 Å². The fourth-order valence-corrected chi connectivity index (χ4v) is 2.34. The second kappa shape index (κ2) is 8.05. The van der Waals surface area contributed by atoms with Gasteiger partial charge < -0.3 is 20.5 Å². The molecule has 1 aromatic carbocycles. The molecule has 0 bridgehead atoms. The van der Waals surface area contributed by atoms with Crippen LogP contribution in [0.1, 0.15) is 33.3 Å². The van der Waals surface area contributed by atoms with E-state index in [-0.39, 0.29) is 5.54 Å². The van der Waals surface area contributed by atoms with Gasteiger partial charge in [-0.2, -0.15) is 0 Å². The molecule has 0 fully saturated rings. The average Bonchev–Trinajstić information content (AvgIpc) is 2.40. The maximum absolute atomic E-state index is 5.52. The van der Waals surface area contributed by atoms with Gasteiger partial charge in [-0.05, 0) is 51.5 Å². The van der Waals surface area contributed by atoms with E-state index in [0.717, 1.165) is 5.75 Å². The summed E-state index contributed by atoms with van der Waals surface area (Å²) in [5.74, 6) is 0.940. The summed E-state index contributed by atoms with van der Waals surface area (Å²) in [5, 5.41) is 3.50. The highest BCUT2D eigenvalue weighted by Gasteiger charge is 2.22. The number of rotatable bonds is 4. The van der Waals surface area contributed by atoms with Crippen LogP contribution in [0.4, 0.5) is 5.69 Å². The van der Waals surface area contributed by atoms with Crippen molar-refractivity contribution < 1.29 is 9.47 Å². The minimum Gasteiger partial charge on any atom is -0.494 e. The molecule has 3 N–H and O–H groups in total. The van der Waals surface area contributed by atoms with Crippen LogP contribution in [0, 0.1) is 0 Å². The van der Waals surface area contributed by atoms with E-state index in [9.17, 15) is 0 Å². The van der Waals surface area contributed by atoms with Crippen molar-refractivity contribution in [2.75, 3.05) is 32.2 Å². The first kappa shape index (κ1) is 17.5. The van der Waals surface area contributed by atoms with Crippen molar-refractivity contribution >= 4 is 11.3 Å². The first-order valence-corrected chi connectivity index (χ1v) is 7.37. The minimum atomic E-state index is 0.0320. The van der Waals surface area contributed by atoms with Crippen LogP contribution < -0.4 is 15.8 Å². The summed E-state index contributed by atoms with van der Waals surface area (Å²) in [6.45, 7) is 10.5. The molecule has 1 aromatic rings. The molecule has 0 radical (unpaired) electrons. The first-order valence-electron chi connectivity index (χ1n) is 7.37. The minimum absolute atomic E-state index is 0.0320. The Hall–Kier alpha value is -1.52. The number of nitrogens with two attached hydrogens (primary N) is 1. The SMILES string of the molecule is CCOc1ccc2c(c1)C(C)=CC(C)(C)N2.COCCN. The van der Waals surface area contributed by atoms with Crippen molar-refractivity contribution in [1.82, 2.24) is 0 Å². The molecule has 4 nitrogen and oxygen atoms in total. The van der Waals surface area contributed by atoms with Crippen LogP contribution in [0.15, 0.2) is 24.3 Å². The predicted octanol–water partition coefficient (Wildman–Crippen LogP) is 3.28. The van der Waals surface area contributed by atoms with Crippen LogP contribution in [0.5, 0.6) is 5.75 Å². The largest absolute Gasteiger partial charge is 0.494 e. The molecule has 2 rings (SSSR count). The molecule has 0 spiro atoms. The van der Waals surface area contributed by atoms with Crippen molar-refractivity contribution in [3.05, 3.63) is 29.8 Å². The third kappa shape index (κ3) is 5.40. The number of ether oxygens (including phenoxy) is 2. The molecule has 0 unspecified atom stereocenters. The van der Waals surface area contributed by atoms with Crippen LogP contribution in [0.3, 0.4) is 0 Å². The Morgan fingerprint density at radius 2 is 2.00 bits per heavy atom. The summed E-state index contributed by atoms with van der Waals surface area (Å²) in [7, 11) is 1.63. The van der Waals surface area contributed by atoms with Gasteiger partial charge in [0.05, 0.1) is 18.8 Å². The monoisotopic (exact) mass is 292 g/mol. The number of fused-ring (bicyclic) bond motifs is 1. The highest BCUT2D eigenvalue weighted by atomic mass is 16.5. The topological polar surface area (TPSA) is 56.5 Å². The Labute approximate surface area is 128 Å². The lowest BCUT2D eigenvalue weighted by Crippen LogP contribution is -2.31. The molecule has 0 saturated carbocycles. The van der Waals surface area contributed by atoms with Crippen molar-refractivity contribution in [3.8, 4) is 5.75 Å². The number of anilines is 1. The van der Waals surface area contributed by atoms with E-state index in [1.807, 2.05) is 13.0 Å². The fourth-order valence-electron chi connectivity index (χ4n) is 2.34. The zero-order valence-electron chi connectivity index (χ0n) is 13.8. The molecule has 1 aliphatic heterocycles. The molecule has 0 aromatic heterocycles. The Kier molecular flexibility index (Phi) is 6.72. The fraction of sp³-hybridized carbons (Fsp3) is 0.529. The second-order valence-corrected chi connectivity index (χ2v) is 5.60. The maximum Gasteiger partial charge on any atom is 0.120 e. The Morgan fingerprint density at radius 3 is 2.52 bits per heavy atom. The van der Waals surface area contributed by atoms with Crippen LogP contribution in [0.2, 0.25) is 0 Å². The van der Waals surface area contributed by atoms with E-state index >= 15 is 0 Å². The van der Waals surface area contributed by atoms with Crippen LogP contribution >= 0.6 is 0 Å². The van der Waals surface area contributed by atoms with Crippen molar-refractivity contribution in [1.29, 1.82) is 0 Å². The summed E-state index contributed by atoms with van der Waals surface area (Å²) >= 11 is 0. The van der Waals surface area contributed by atoms with Crippen molar-refractivity contribution in [2.24, 2.45) is 5.73 Å². The third-order valence-corrected chi connectivity index (χ3v) is 3.08. The molecule has 21 heavy (non-hydrogen) atoms. The number of hydrogen-bond donors (Lipinski definition) is 2. The van der Waals surface area contributed by atoms with E-state index in [1.165, 1.54) is 16.8 Å². The highest BCUT2D eigenvalue weighted by Crippen LogP contribution is 2.35. The van der Waals surface area contributed by atoms with Gasteiger partial charge in [0, 0.05) is 24.9 Å². The van der Waals surface area contributed by atoms with Crippen LogP contribution in [0.25, 0.3) is 5.57 Å². The summed E-state index contributed by atoms with van der Waals surface area (Å²) in [5.41, 5.74) is 8.78. The van der Waals surface area contributed by atoms with Gasteiger partial charge in [0.25, 0.3) is 0 Å². The second-order valence-electron chi connectivity index (χ2n) is 5.60. The van der Waals surface area contributed by atoms with Gasteiger partial charge in [-0.15, -0.1) is 0 Å². The lowest BCUT2D eigenvalue weighted by molar-refractivity contribution is 0.207. The van der Waals surface area contributed by atoms with E-state index in [1.54, 1.807) is 7.11 Å². The lowest BCUT2D eigenvalue weighted by atomic mass is 9.91. The molecule has 0 amide bonds. The number of allylic oxidation sites excluding steroid dienone is 1. The molecular weight excluding hydrogens is 264 g/mol. The van der Waals surface area contributed by atoms with Crippen molar-refractivity contribution in [2.45, 2.75) is 33.2 Å². The third-order valence-electron chi connectivity index (χ3n) is 3.08. The summed E-state index contributed by atoms with van der Waals surface area (Å²) in [4.78, 5) is 0. The highest BCUT2D eigenvalue weighted by molar-refractivity contribution is 5.80. The van der Waals surface area contributed by atoms with Crippen LogP contribution in [-0.4, -0.2) is 32.4 Å². The van der Waals surface area contributed by atoms with Gasteiger partial charge in [-0.1, -0.05) is 6.08 Å². The smallest absolute Gasteiger partial charge is 0.120 e. The van der Waals surface area contributed by atoms with Gasteiger partial charge in [-0.25, -0.2) is 0 Å². The first-order chi connectivity index (χ1) is 9.93. The Morgan fingerprint density at radius 1 is 1.29 bits per heavy atom. The summed E-state index contributed by atoms with van der Waals surface area (Å²) in [6, 6.07) is 6.22. The quantitative estimate of drug-likeness (QED) is 0.894. The number of nitrogens with one attached hydrogen (secondary N) is 1. The number of methoxy groups -OCH3 is 1. The van der Waals surface area contributed by atoms with Crippen molar-refractivity contribution in [3.63, 3.8) is 0 Å². The zero-order chi connectivity index (χ0) is 15.9.